The highest BCUT2D eigenvalue weighted by atomic mass is 32.2. The van der Waals surface area contributed by atoms with Gasteiger partial charge in [0, 0.05) is 30.7 Å². The van der Waals surface area contributed by atoms with E-state index in [1.54, 1.807) is 16.0 Å². The van der Waals surface area contributed by atoms with Crippen molar-refractivity contribution in [1.82, 2.24) is 14.8 Å². The molecule has 1 aromatic carbocycles. The van der Waals surface area contributed by atoms with Crippen molar-refractivity contribution in [2.45, 2.75) is 36.7 Å². The summed E-state index contributed by atoms with van der Waals surface area (Å²) in [7, 11) is 0. The van der Waals surface area contributed by atoms with Crippen LogP contribution in [0.4, 0.5) is 0 Å². The number of aromatic nitrogens is 1. The van der Waals surface area contributed by atoms with Crippen LogP contribution in [-0.4, -0.2) is 63.7 Å². The van der Waals surface area contributed by atoms with Crippen molar-refractivity contribution < 1.29 is 14.7 Å². The van der Waals surface area contributed by atoms with Gasteiger partial charge in [-0.05, 0) is 48.8 Å². The Balaban J connectivity index is 1.63. The normalized spacial score (nSPS) is 18.4. The maximum absolute atomic E-state index is 13.1. The Kier molecular flexibility index (Phi) is 5.97. The molecule has 0 bridgehead atoms. The van der Waals surface area contributed by atoms with E-state index in [9.17, 15) is 19.5 Å². The molecule has 1 aromatic heterocycles. The lowest BCUT2D eigenvalue weighted by atomic mass is 9.95. The van der Waals surface area contributed by atoms with Gasteiger partial charge in [0.05, 0.1) is 18.2 Å². The average molecular weight is 428 g/mol. The van der Waals surface area contributed by atoms with E-state index in [4.69, 9.17) is 0 Å². The second-order valence-electron chi connectivity index (χ2n) is 7.65. The number of pyridine rings is 1. The second kappa shape index (κ2) is 8.65. The molecule has 4 rings (SSSR count). The van der Waals surface area contributed by atoms with Crippen LogP contribution in [0.15, 0.2) is 40.2 Å². The molecule has 2 aliphatic heterocycles. The van der Waals surface area contributed by atoms with Crippen LogP contribution in [-0.2, 0) is 13.0 Å². The van der Waals surface area contributed by atoms with Crippen molar-refractivity contribution in [3.8, 4) is 0 Å². The third-order valence-electron chi connectivity index (χ3n) is 5.97. The Bertz CT molecular complexity index is 1040. The number of nitrogens with one attached hydrogen (secondary N) is 1. The van der Waals surface area contributed by atoms with E-state index in [0.29, 0.717) is 31.6 Å². The Hall–Kier alpha value is -2.58. The lowest BCUT2D eigenvalue weighted by Crippen LogP contribution is -2.43. The molecule has 30 heavy (non-hydrogen) atoms. The number of hydrogen-bond donors (Lipinski definition) is 2. The van der Waals surface area contributed by atoms with Gasteiger partial charge in [-0.3, -0.25) is 14.4 Å². The molecule has 2 aliphatic rings. The molecule has 1 saturated heterocycles. The lowest BCUT2D eigenvalue weighted by molar-refractivity contribution is 0.0672. The van der Waals surface area contributed by atoms with Crippen molar-refractivity contribution >= 4 is 23.6 Å². The van der Waals surface area contributed by atoms with Crippen LogP contribution >= 0.6 is 11.8 Å². The molecule has 2 amide bonds. The summed E-state index contributed by atoms with van der Waals surface area (Å²) in [6, 6.07) is 7.28. The largest absolute Gasteiger partial charge is 0.394 e. The lowest BCUT2D eigenvalue weighted by Gasteiger charge is -2.31. The Morgan fingerprint density at radius 1 is 1.23 bits per heavy atom. The van der Waals surface area contributed by atoms with Gasteiger partial charge in [-0.25, -0.2) is 0 Å². The number of carbonyl (C=O) groups excluding carboxylic acids is 2. The maximum Gasteiger partial charge on any atom is 0.261 e. The van der Waals surface area contributed by atoms with E-state index in [1.807, 2.05) is 30.5 Å². The highest BCUT2D eigenvalue weighted by Crippen LogP contribution is 2.27. The van der Waals surface area contributed by atoms with Gasteiger partial charge in [-0.15, -0.1) is 11.8 Å². The van der Waals surface area contributed by atoms with Crippen molar-refractivity contribution in [2.24, 2.45) is 0 Å². The van der Waals surface area contributed by atoms with Crippen LogP contribution in [0.2, 0.25) is 0 Å². The van der Waals surface area contributed by atoms with Gasteiger partial charge in [0.15, 0.2) is 0 Å². The summed E-state index contributed by atoms with van der Waals surface area (Å²) < 4.78 is 0. The molecule has 0 aliphatic carbocycles. The van der Waals surface area contributed by atoms with Gasteiger partial charge in [0.25, 0.3) is 17.4 Å². The smallest absolute Gasteiger partial charge is 0.261 e. The fourth-order valence-electron chi connectivity index (χ4n) is 4.40. The molecule has 0 spiro atoms. The zero-order valence-corrected chi connectivity index (χ0v) is 17.7. The van der Waals surface area contributed by atoms with Crippen LogP contribution in [0.25, 0.3) is 0 Å². The van der Waals surface area contributed by atoms with Gasteiger partial charge in [-0.2, -0.15) is 0 Å². The fourth-order valence-corrected chi connectivity index (χ4v) is 4.99. The van der Waals surface area contributed by atoms with Crippen molar-refractivity contribution in [3.05, 3.63) is 63.1 Å². The number of nitrogens with zero attached hydrogens (tertiary/aromatic N) is 2. The first-order valence-corrected chi connectivity index (χ1v) is 11.3. The molecule has 0 radical (unpaired) electrons. The first-order valence-electron chi connectivity index (χ1n) is 10.1. The van der Waals surface area contributed by atoms with Gasteiger partial charge >= 0.3 is 0 Å². The minimum atomic E-state index is -0.408. The minimum Gasteiger partial charge on any atom is -0.394 e. The standard InChI is InChI=1S/C22H25N3O4S/c1-30-18-7-3-2-6-17(18)21(28)24-10-8-16-14(12-24)11-23-20(27)19(16)22(29)25-9-4-5-15(25)13-26/h2-3,6-7,11,15,26H,4-5,8-10,12-13H2,1H3,(H,23,27)/t15-/m0/s1. The summed E-state index contributed by atoms with van der Waals surface area (Å²) in [5.41, 5.74) is 1.92. The molecule has 158 valence electrons. The third-order valence-corrected chi connectivity index (χ3v) is 6.77. The van der Waals surface area contributed by atoms with Crippen molar-refractivity contribution in [2.75, 3.05) is 26.0 Å². The number of hydrogen-bond acceptors (Lipinski definition) is 5. The molecule has 2 aromatic rings. The average Bonchev–Trinajstić information content (AvgIpc) is 3.26. The Labute approximate surface area is 179 Å². The predicted octanol–water partition coefficient (Wildman–Crippen LogP) is 1.89. The Morgan fingerprint density at radius 3 is 2.80 bits per heavy atom. The summed E-state index contributed by atoms with van der Waals surface area (Å²) in [4.78, 5) is 45.8. The monoisotopic (exact) mass is 427 g/mol. The van der Waals surface area contributed by atoms with E-state index in [2.05, 4.69) is 4.98 Å². The summed E-state index contributed by atoms with van der Waals surface area (Å²) >= 11 is 1.53. The molecule has 1 atom stereocenters. The summed E-state index contributed by atoms with van der Waals surface area (Å²) in [5, 5.41) is 9.56. The van der Waals surface area contributed by atoms with Crippen LogP contribution in [0.1, 0.15) is 44.7 Å². The number of aliphatic hydroxyl groups excluding tert-OH is 1. The van der Waals surface area contributed by atoms with Gasteiger partial charge < -0.3 is 19.9 Å². The molecule has 7 nitrogen and oxygen atoms in total. The van der Waals surface area contributed by atoms with Gasteiger partial charge in [0.2, 0.25) is 0 Å². The second-order valence-corrected chi connectivity index (χ2v) is 8.50. The highest BCUT2D eigenvalue weighted by Gasteiger charge is 2.34. The van der Waals surface area contributed by atoms with Crippen LogP contribution in [0.5, 0.6) is 0 Å². The van der Waals surface area contributed by atoms with Gasteiger partial charge in [0.1, 0.15) is 5.56 Å². The number of thioether (sulfide) groups is 1. The molecule has 1 fully saturated rings. The molecule has 2 N–H and O–H groups in total. The maximum atomic E-state index is 13.1. The van der Waals surface area contributed by atoms with E-state index >= 15 is 0 Å². The number of aromatic amines is 1. The molecule has 3 heterocycles. The van der Waals surface area contributed by atoms with Crippen LogP contribution in [0.3, 0.4) is 0 Å². The summed E-state index contributed by atoms with van der Waals surface area (Å²) in [6.07, 6.45) is 5.57. The topological polar surface area (TPSA) is 93.7 Å². The zero-order valence-electron chi connectivity index (χ0n) is 16.9. The number of aliphatic hydroxyl groups is 1. The number of amides is 2. The molecule has 8 heteroatoms. The number of benzene rings is 1. The third kappa shape index (κ3) is 3.65. The van der Waals surface area contributed by atoms with E-state index in [0.717, 1.165) is 28.9 Å². The highest BCUT2D eigenvalue weighted by molar-refractivity contribution is 7.98. The van der Waals surface area contributed by atoms with E-state index < -0.39 is 5.56 Å². The summed E-state index contributed by atoms with van der Waals surface area (Å²) in [5.74, 6) is -0.373. The number of H-pyrrole nitrogens is 1. The molecule has 0 unspecified atom stereocenters. The van der Waals surface area contributed by atoms with E-state index in [-0.39, 0.29) is 30.0 Å². The number of carbonyl (C=O) groups is 2. The van der Waals surface area contributed by atoms with E-state index in [1.165, 1.54) is 11.8 Å². The molecule has 0 saturated carbocycles. The Morgan fingerprint density at radius 2 is 2.03 bits per heavy atom. The van der Waals surface area contributed by atoms with Gasteiger partial charge in [-0.1, -0.05) is 12.1 Å². The zero-order chi connectivity index (χ0) is 21.3. The number of rotatable bonds is 4. The molecular formula is C22H25N3O4S. The predicted molar refractivity (Wildman–Crippen MR) is 115 cm³/mol. The van der Waals surface area contributed by atoms with Crippen molar-refractivity contribution in [3.63, 3.8) is 0 Å². The first-order chi connectivity index (χ1) is 14.5. The fraction of sp³-hybridized carbons (Fsp3) is 0.409. The number of likely N-dealkylation sites (tertiary alicyclic amines) is 1. The summed E-state index contributed by atoms with van der Waals surface area (Å²) in [6.45, 7) is 1.23. The minimum absolute atomic E-state index is 0.0513. The SMILES string of the molecule is CSc1ccccc1C(=O)N1CCc2c(c[nH]c(=O)c2C(=O)N2CCC[C@H]2CO)C1. The first kappa shape index (κ1) is 20.7. The number of fused-ring (bicyclic) bond motifs is 1. The van der Waals surface area contributed by atoms with Crippen molar-refractivity contribution in [1.29, 1.82) is 0 Å². The quantitative estimate of drug-likeness (QED) is 0.727. The molecular weight excluding hydrogens is 402 g/mol. The van der Waals surface area contributed by atoms with Crippen LogP contribution < -0.4 is 5.56 Å². The van der Waals surface area contributed by atoms with Crippen LogP contribution in [0, 0.1) is 0 Å².